The van der Waals surface area contributed by atoms with Crippen LogP contribution in [0.2, 0.25) is 0 Å². The van der Waals surface area contributed by atoms with E-state index in [9.17, 15) is 13.6 Å². The van der Waals surface area contributed by atoms with E-state index >= 15 is 0 Å². The van der Waals surface area contributed by atoms with E-state index in [0.29, 0.717) is 15.9 Å². The lowest BCUT2D eigenvalue weighted by atomic mass is 10.2. The Bertz CT molecular complexity index is 990. The van der Waals surface area contributed by atoms with E-state index in [1.807, 2.05) is 13.8 Å². The summed E-state index contributed by atoms with van der Waals surface area (Å²) in [5.41, 5.74) is 4.47. The molecule has 0 atom stereocenters. The van der Waals surface area contributed by atoms with Crippen molar-refractivity contribution in [2.45, 2.75) is 33.7 Å². The van der Waals surface area contributed by atoms with Crippen LogP contribution < -0.4 is 5.43 Å². The van der Waals surface area contributed by atoms with Crippen molar-refractivity contribution in [3.63, 3.8) is 0 Å². The minimum absolute atomic E-state index is 0.0260. The Kier molecular flexibility index (Phi) is 5.13. The molecule has 1 aromatic carbocycles. The topological polar surface area (TPSA) is 59.3 Å². The number of aromatic nitrogens is 2. The van der Waals surface area contributed by atoms with E-state index in [1.165, 1.54) is 18.3 Å². The zero-order valence-electron chi connectivity index (χ0n) is 14.6. The van der Waals surface area contributed by atoms with Crippen LogP contribution in [0.5, 0.6) is 0 Å². The van der Waals surface area contributed by atoms with Crippen LogP contribution in [0.1, 0.15) is 46.3 Å². The highest BCUT2D eigenvalue weighted by Gasteiger charge is 2.19. The van der Waals surface area contributed by atoms with E-state index in [2.05, 4.69) is 15.5 Å². The number of halogens is 2. The summed E-state index contributed by atoms with van der Waals surface area (Å²) >= 11 is 1.40. The van der Waals surface area contributed by atoms with Gasteiger partial charge in [-0.2, -0.15) is 13.9 Å². The summed E-state index contributed by atoms with van der Waals surface area (Å²) in [7, 11) is 0. The molecule has 0 spiro atoms. The van der Waals surface area contributed by atoms with E-state index in [4.69, 9.17) is 0 Å². The number of alkyl halides is 2. The summed E-state index contributed by atoms with van der Waals surface area (Å²) in [5.74, 6) is -0.338. The number of aryl methyl sites for hydroxylation is 2. The lowest BCUT2D eigenvalue weighted by molar-refractivity contribution is 0.0740. The zero-order valence-corrected chi connectivity index (χ0v) is 15.4. The first-order valence-corrected chi connectivity index (χ1v) is 8.93. The molecule has 0 saturated heterocycles. The van der Waals surface area contributed by atoms with Gasteiger partial charge in [-0.1, -0.05) is 19.1 Å². The van der Waals surface area contributed by atoms with E-state index < -0.39 is 6.55 Å². The minimum atomic E-state index is -2.76. The molecule has 2 aromatic heterocycles. The quantitative estimate of drug-likeness (QED) is 0.526. The van der Waals surface area contributed by atoms with Gasteiger partial charge in [0.2, 0.25) is 0 Å². The number of nitrogens with zero attached hydrogens (tertiary/aromatic N) is 3. The van der Waals surface area contributed by atoms with Crippen molar-refractivity contribution in [2.24, 2.45) is 5.10 Å². The number of hydrazone groups is 1. The van der Waals surface area contributed by atoms with Crippen molar-refractivity contribution in [1.29, 1.82) is 0 Å². The third-order valence-corrected chi connectivity index (χ3v) is 5.39. The number of amides is 1. The largest absolute Gasteiger partial charge is 0.320 e. The van der Waals surface area contributed by atoms with E-state index in [-0.39, 0.29) is 17.4 Å². The zero-order chi connectivity index (χ0) is 18.8. The second-order valence-electron chi connectivity index (χ2n) is 5.78. The molecular formula is C18H18F2N4OS. The Hall–Kier alpha value is -2.61. The highest BCUT2D eigenvalue weighted by molar-refractivity contribution is 7.14. The molecule has 0 aliphatic rings. The van der Waals surface area contributed by atoms with Crippen LogP contribution in [-0.2, 0) is 6.42 Å². The van der Waals surface area contributed by atoms with Crippen LogP contribution >= 0.6 is 11.3 Å². The summed E-state index contributed by atoms with van der Waals surface area (Å²) in [6, 6.07) is 8.44. The molecule has 1 amide bonds. The maximum Gasteiger partial charge on any atom is 0.320 e. The molecule has 136 valence electrons. The maximum absolute atomic E-state index is 13.5. The number of fused-ring (bicyclic) bond motifs is 1. The molecule has 0 aliphatic heterocycles. The molecule has 0 radical (unpaired) electrons. The monoisotopic (exact) mass is 376 g/mol. The standard InChI is InChI=1S/C18H18F2N4OS/c1-4-14-10(2)9-15(26-14)17(25)23-22-11(3)16-21-12-7-5-6-8-13(12)24(16)18(19)20/h5-9,18H,4H2,1-3H3,(H,23,25). The van der Waals surface area contributed by atoms with Crippen molar-refractivity contribution >= 4 is 34.0 Å². The fourth-order valence-electron chi connectivity index (χ4n) is 2.72. The highest BCUT2D eigenvalue weighted by atomic mass is 32.1. The smallest absolute Gasteiger partial charge is 0.266 e. The fourth-order valence-corrected chi connectivity index (χ4v) is 3.72. The summed E-state index contributed by atoms with van der Waals surface area (Å²) < 4.78 is 27.8. The first-order valence-electron chi connectivity index (χ1n) is 8.11. The number of hydrogen-bond acceptors (Lipinski definition) is 4. The average Bonchev–Trinajstić information content (AvgIpc) is 3.19. The third-order valence-electron chi connectivity index (χ3n) is 4.01. The summed E-state index contributed by atoms with van der Waals surface area (Å²) in [4.78, 5) is 18.2. The van der Waals surface area contributed by atoms with E-state index in [1.54, 1.807) is 30.3 Å². The number of hydrogen-bond donors (Lipinski definition) is 1. The maximum atomic E-state index is 13.5. The molecule has 8 heteroatoms. The van der Waals surface area contributed by atoms with E-state index in [0.717, 1.165) is 21.4 Å². The second kappa shape index (κ2) is 7.33. The number of carbonyl (C=O) groups excluding carboxylic acids is 1. The van der Waals surface area contributed by atoms with Crippen LogP contribution in [0.25, 0.3) is 11.0 Å². The molecule has 0 aliphatic carbocycles. The molecule has 2 heterocycles. The molecule has 3 aromatic rings. The molecule has 0 fully saturated rings. The van der Waals surface area contributed by atoms with Crippen molar-refractivity contribution in [2.75, 3.05) is 0 Å². The highest BCUT2D eigenvalue weighted by Crippen LogP contribution is 2.24. The number of benzene rings is 1. The number of rotatable bonds is 5. The van der Waals surface area contributed by atoms with Crippen molar-refractivity contribution in [3.05, 3.63) is 51.5 Å². The summed E-state index contributed by atoms with van der Waals surface area (Å²) in [6.07, 6.45) is 0.852. The van der Waals surface area contributed by atoms with Gasteiger partial charge in [-0.25, -0.2) is 10.4 Å². The lowest BCUT2D eigenvalue weighted by Crippen LogP contribution is -2.20. The molecule has 5 nitrogen and oxygen atoms in total. The second-order valence-corrected chi connectivity index (χ2v) is 6.92. The lowest BCUT2D eigenvalue weighted by Gasteiger charge is -2.07. The molecule has 0 bridgehead atoms. The molecule has 1 N–H and O–H groups in total. The minimum Gasteiger partial charge on any atom is -0.266 e. The van der Waals surface area contributed by atoms with Gasteiger partial charge in [0.25, 0.3) is 5.91 Å². The number of nitrogens with one attached hydrogen (secondary N) is 1. The van der Waals surface area contributed by atoms with Gasteiger partial charge >= 0.3 is 6.55 Å². The third kappa shape index (κ3) is 3.37. The Morgan fingerprint density at radius 3 is 2.77 bits per heavy atom. The van der Waals surface area contributed by atoms with Gasteiger partial charge in [0, 0.05) is 4.88 Å². The van der Waals surface area contributed by atoms with Crippen LogP contribution in [0.3, 0.4) is 0 Å². The molecule has 0 unspecified atom stereocenters. The average molecular weight is 376 g/mol. The van der Waals surface area contributed by atoms with Gasteiger partial charge in [-0.15, -0.1) is 11.3 Å². The Morgan fingerprint density at radius 2 is 2.12 bits per heavy atom. The molecule has 3 rings (SSSR count). The fraction of sp³-hybridized carbons (Fsp3) is 0.278. The molecule has 0 saturated carbocycles. The SMILES string of the molecule is CCc1sc(C(=O)NN=C(C)c2nc3ccccc3n2C(F)F)cc1C. The van der Waals surface area contributed by atoms with Crippen molar-refractivity contribution < 1.29 is 13.6 Å². The number of para-hydroxylation sites is 2. The Labute approximate surface area is 153 Å². The summed E-state index contributed by atoms with van der Waals surface area (Å²) in [5, 5.41) is 3.98. The van der Waals surface area contributed by atoms with Crippen molar-refractivity contribution in [1.82, 2.24) is 15.0 Å². The predicted octanol–water partition coefficient (Wildman–Crippen LogP) is 4.52. The number of thiophene rings is 1. The first-order chi connectivity index (χ1) is 12.4. The van der Waals surface area contributed by atoms with Gasteiger partial charge in [-0.05, 0) is 44.0 Å². The van der Waals surface area contributed by atoms with Gasteiger partial charge in [-0.3, -0.25) is 9.36 Å². The van der Waals surface area contributed by atoms with Crippen molar-refractivity contribution in [3.8, 4) is 0 Å². The summed E-state index contributed by atoms with van der Waals surface area (Å²) in [6.45, 7) is 2.76. The van der Waals surface area contributed by atoms with Crippen LogP contribution in [-0.4, -0.2) is 21.2 Å². The molecular weight excluding hydrogens is 358 g/mol. The van der Waals surface area contributed by atoms with Gasteiger partial charge in [0.1, 0.15) is 5.71 Å². The van der Waals surface area contributed by atoms with Gasteiger partial charge < -0.3 is 0 Å². The molecule has 26 heavy (non-hydrogen) atoms. The number of carbonyl (C=O) groups is 1. The van der Waals surface area contributed by atoms with Crippen LogP contribution in [0.4, 0.5) is 8.78 Å². The predicted molar refractivity (Wildman–Crippen MR) is 99.1 cm³/mol. The Balaban J connectivity index is 1.89. The van der Waals surface area contributed by atoms with Gasteiger partial charge in [0.05, 0.1) is 15.9 Å². The van der Waals surface area contributed by atoms with Gasteiger partial charge in [0.15, 0.2) is 5.82 Å². The normalized spacial score (nSPS) is 12.2. The number of imidazole rings is 1. The van der Waals surface area contributed by atoms with Crippen LogP contribution in [0, 0.1) is 6.92 Å². The van der Waals surface area contributed by atoms with Crippen LogP contribution in [0.15, 0.2) is 35.4 Å². The Morgan fingerprint density at radius 1 is 1.38 bits per heavy atom. The first kappa shape index (κ1) is 18.2.